The van der Waals surface area contributed by atoms with Gasteiger partial charge in [-0.3, -0.25) is 14.5 Å². The first-order valence-electron chi connectivity index (χ1n) is 8.67. The van der Waals surface area contributed by atoms with Gasteiger partial charge in [0.25, 0.3) is 11.8 Å². The molecule has 3 amide bonds. The molecule has 0 bridgehead atoms. The van der Waals surface area contributed by atoms with Gasteiger partial charge in [-0.05, 0) is 37.3 Å². The zero-order valence-electron chi connectivity index (χ0n) is 14.7. The van der Waals surface area contributed by atoms with Gasteiger partial charge >= 0.3 is 12.0 Å². The van der Waals surface area contributed by atoms with Gasteiger partial charge < -0.3 is 14.6 Å². The number of fused-ring (bicyclic) bond motifs is 2. The Labute approximate surface area is 154 Å². The molecule has 9 heteroatoms. The number of nitrogens with one attached hydrogen (secondary N) is 1. The number of carbonyl (C=O) groups excluding carboxylic acids is 3. The van der Waals surface area contributed by atoms with Crippen LogP contribution in [0, 0.1) is 6.92 Å². The lowest BCUT2D eigenvalue weighted by Crippen LogP contribution is -2.46. The second kappa shape index (κ2) is 6.49. The molecule has 1 fully saturated rings. The van der Waals surface area contributed by atoms with Crippen molar-refractivity contribution in [1.82, 2.24) is 20.4 Å². The van der Waals surface area contributed by atoms with Gasteiger partial charge in [0.15, 0.2) is 12.4 Å². The number of nitrogens with zero attached hydrogens (tertiary/aromatic N) is 3. The monoisotopic (exact) mass is 370 g/mol. The van der Waals surface area contributed by atoms with Crippen molar-refractivity contribution in [3.05, 3.63) is 47.1 Å². The van der Waals surface area contributed by atoms with Gasteiger partial charge in [0.1, 0.15) is 12.1 Å². The van der Waals surface area contributed by atoms with E-state index >= 15 is 0 Å². The highest BCUT2D eigenvalue weighted by Crippen LogP contribution is 2.39. The molecule has 1 N–H and O–H groups in total. The first-order valence-corrected chi connectivity index (χ1v) is 8.67. The maximum Gasteiger partial charge on any atom is 0.326 e. The van der Waals surface area contributed by atoms with Gasteiger partial charge in [0, 0.05) is 0 Å². The average Bonchev–Trinajstić information content (AvgIpc) is 3.18. The molecular weight excluding hydrogens is 352 g/mol. The molecule has 1 spiro atoms. The molecule has 9 nitrogen and oxygen atoms in total. The molecule has 0 radical (unpaired) electrons. The van der Waals surface area contributed by atoms with E-state index in [4.69, 9.17) is 9.26 Å². The predicted molar refractivity (Wildman–Crippen MR) is 90.1 cm³/mol. The van der Waals surface area contributed by atoms with Crippen molar-refractivity contribution in [2.24, 2.45) is 0 Å². The average molecular weight is 370 g/mol. The van der Waals surface area contributed by atoms with Crippen molar-refractivity contribution in [3.63, 3.8) is 0 Å². The smallest absolute Gasteiger partial charge is 0.326 e. The van der Waals surface area contributed by atoms with Crippen molar-refractivity contribution >= 4 is 17.9 Å². The molecule has 0 saturated carbocycles. The Morgan fingerprint density at radius 1 is 1.37 bits per heavy atom. The first-order chi connectivity index (χ1) is 13.0. The summed E-state index contributed by atoms with van der Waals surface area (Å²) in [6.45, 7) is 0.961. The third kappa shape index (κ3) is 2.94. The summed E-state index contributed by atoms with van der Waals surface area (Å²) < 4.78 is 9.89. The third-order valence-electron chi connectivity index (χ3n) is 4.86. The van der Waals surface area contributed by atoms with E-state index in [1.54, 1.807) is 6.92 Å². The zero-order valence-corrected chi connectivity index (χ0v) is 14.7. The number of hydrogen-bond acceptors (Lipinski definition) is 7. The fourth-order valence-electron chi connectivity index (χ4n) is 3.67. The molecule has 1 aromatic heterocycles. The topological polar surface area (TPSA) is 115 Å². The second-order valence-electron chi connectivity index (χ2n) is 6.63. The number of hydrogen-bond donors (Lipinski definition) is 1. The number of urea groups is 1. The maximum absolute atomic E-state index is 13.1. The van der Waals surface area contributed by atoms with Crippen LogP contribution in [0.5, 0.6) is 0 Å². The molecule has 4 rings (SSSR count). The number of rotatable bonds is 4. The van der Waals surface area contributed by atoms with Crippen molar-refractivity contribution in [1.29, 1.82) is 0 Å². The van der Waals surface area contributed by atoms with E-state index in [0.717, 1.165) is 28.9 Å². The standard InChI is InChI=1S/C18H18N4O5/c1-11-19-14(27-21-11)10-26-15(23)9-22-16(24)18(20-17(22)25)8-4-6-12-5-2-3-7-13(12)18/h2-3,5,7H,4,6,8-10H2,1H3,(H,20,25)/t18-/m1/s1. The minimum absolute atomic E-state index is 0.149. The fourth-order valence-corrected chi connectivity index (χ4v) is 3.67. The number of benzene rings is 1. The fraction of sp³-hybridized carbons (Fsp3) is 0.389. The van der Waals surface area contributed by atoms with Crippen LogP contribution in [-0.4, -0.2) is 39.5 Å². The molecule has 0 unspecified atom stereocenters. The lowest BCUT2D eigenvalue weighted by molar-refractivity contribution is -0.149. The van der Waals surface area contributed by atoms with Crippen molar-refractivity contribution in [2.45, 2.75) is 38.3 Å². The summed E-state index contributed by atoms with van der Waals surface area (Å²) in [4.78, 5) is 42.4. The number of carbonyl (C=O) groups is 3. The van der Waals surface area contributed by atoms with Crippen LogP contribution in [0.4, 0.5) is 4.79 Å². The Morgan fingerprint density at radius 3 is 2.96 bits per heavy atom. The van der Waals surface area contributed by atoms with E-state index < -0.39 is 30.0 Å². The highest BCUT2D eigenvalue weighted by Gasteiger charge is 2.54. The molecule has 2 heterocycles. The molecule has 27 heavy (non-hydrogen) atoms. The molecule has 1 aliphatic carbocycles. The number of aryl methyl sites for hydroxylation is 2. The van der Waals surface area contributed by atoms with Crippen LogP contribution < -0.4 is 5.32 Å². The number of imide groups is 1. The zero-order chi connectivity index (χ0) is 19.0. The molecule has 1 aliphatic heterocycles. The van der Waals surface area contributed by atoms with Gasteiger partial charge in [-0.15, -0.1) is 0 Å². The summed E-state index contributed by atoms with van der Waals surface area (Å²) in [5, 5.41) is 6.39. The molecule has 1 aromatic carbocycles. The predicted octanol–water partition coefficient (Wildman–Crippen LogP) is 1.20. The molecule has 140 valence electrons. The van der Waals surface area contributed by atoms with E-state index in [-0.39, 0.29) is 12.5 Å². The van der Waals surface area contributed by atoms with Crippen LogP contribution in [0.1, 0.15) is 35.7 Å². The minimum atomic E-state index is -1.10. The molecule has 1 atom stereocenters. The van der Waals surface area contributed by atoms with Gasteiger partial charge in [-0.1, -0.05) is 29.4 Å². The summed E-state index contributed by atoms with van der Waals surface area (Å²) in [6.07, 6.45) is 2.13. The van der Waals surface area contributed by atoms with Crippen LogP contribution in [0.25, 0.3) is 0 Å². The Kier molecular flexibility index (Phi) is 4.14. The maximum atomic E-state index is 13.1. The SMILES string of the molecule is Cc1noc(COC(=O)CN2C(=O)N[C@@]3(CCCc4ccccc43)C2=O)n1. The molecule has 1 saturated heterocycles. The lowest BCUT2D eigenvalue weighted by Gasteiger charge is -2.33. The summed E-state index contributed by atoms with van der Waals surface area (Å²) in [7, 11) is 0. The van der Waals surface area contributed by atoms with Crippen LogP contribution in [-0.2, 0) is 32.9 Å². The largest absolute Gasteiger partial charge is 0.454 e. The minimum Gasteiger partial charge on any atom is -0.454 e. The summed E-state index contributed by atoms with van der Waals surface area (Å²) in [5.74, 6) is -0.579. The van der Waals surface area contributed by atoms with Crippen LogP contribution >= 0.6 is 0 Å². The van der Waals surface area contributed by atoms with Crippen molar-refractivity contribution < 1.29 is 23.6 Å². The summed E-state index contributed by atoms with van der Waals surface area (Å²) in [6, 6.07) is 6.97. The van der Waals surface area contributed by atoms with E-state index in [0.29, 0.717) is 12.2 Å². The van der Waals surface area contributed by atoms with E-state index in [9.17, 15) is 14.4 Å². The van der Waals surface area contributed by atoms with E-state index in [1.807, 2.05) is 24.3 Å². The van der Waals surface area contributed by atoms with Gasteiger partial charge in [-0.2, -0.15) is 4.98 Å². The normalized spacial score (nSPS) is 21.3. The second-order valence-corrected chi connectivity index (χ2v) is 6.63. The Hall–Kier alpha value is -3.23. The summed E-state index contributed by atoms with van der Waals surface area (Å²) >= 11 is 0. The van der Waals surface area contributed by atoms with Gasteiger partial charge in [0.05, 0.1) is 0 Å². The van der Waals surface area contributed by atoms with E-state index in [2.05, 4.69) is 15.5 Å². The Balaban J connectivity index is 1.48. The lowest BCUT2D eigenvalue weighted by atomic mass is 9.76. The number of esters is 1. The van der Waals surface area contributed by atoms with Crippen molar-refractivity contribution in [2.75, 3.05) is 6.54 Å². The summed E-state index contributed by atoms with van der Waals surface area (Å²) in [5.41, 5.74) is 0.732. The Morgan fingerprint density at radius 2 is 2.19 bits per heavy atom. The molecule has 2 aromatic rings. The molecule has 2 aliphatic rings. The number of aromatic nitrogens is 2. The first kappa shape index (κ1) is 17.2. The van der Waals surface area contributed by atoms with Crippen molar-refractivity contribution in [3.8, 4) is 0 Å². The highest BCUT2D eigenvalue weighted by molar-refractivity contribution is 6.09. The quantitative estimate of drug-likeness (QED) is 0.635. The third-order valence-corrected chi connectivity index (χ3v) is 4.86. The number of amides is 3. The van der Waals surface area contributed by atoms with Gasteiger partial charge in [-0.25, -0.2) is 4.79 Å². The van der Waals surface area contributed by atoms with Crippen LogP contribution in [0.3, 0.4) is 0 Å². The highest BCUT2D eigenvalue weighted by atomic mass is 16.6. The van der Waals surface area contributed by atoms with Gasteiger partial charge in [0.2, 0.25) is 0 Å². The number of ether oxygens (including phenoxy) is 1. The molecular formula is C18H18N4O5. The van der Waals surface area contributed by atoms with E-state index in [1.165, 1.54) is 0 Å². The van der Waals surface area contributed by atoms with Crippen LogP contribution in [0.2, 0.25) is 0 Å². The van der Waals surface area contributed by atoms with Crippen LogP contribution in [0.15, 0.2) is 28.8 Å². The Bertz CT molecular complexity index is 924.